The average Bonchev–Trinajstić information content (AvgIpc) is 2.58. The molecule has 1 aliphatic heterocycles. The molecule has 0 aromatic heterocycles. The van der Waals surface area contributed by atoms with Gasteiger partial charge < -0.3 is 0 Å². The van der Waals surface area contributed by atoms with Crippen molar-refractivity contribution in [2.24, 2.45) is 0 Å². The van der Waals surface area contributed by atoms with Gasteiger partial charge in [-0.25, -0.2) is 12.8 Å². The molecule has 4 nitrogen and oxygen atoms in total. The number of rotatable bonds is 4. The lowest BCUT2D eigenvalue weighted by molar-refractivity contribution is 0.145. The summed E-state index contributed by atoms with van der Waals surface area (Å²) in [4.78, 5) is 1.99. The van der Waals surface area contributed by atoms with E-state index in [-0.39, 0.29) is 24.2 Å². The van der Waals surface area contributed by atoms with Crippen LogP contribution in [0, 0.1) is 5.82 Å². The van der Waals surface area contributed by atoms with Gasteiger partial charge in [0.15, 0.2) is 0 Å². The summed E-state index contributed by atoms with van der Waals surface area (Å²) < 4.78 is 41.2. The summed E-state index contributed by atoms with van der Waals surface area (Å²) in [7, 11) is -1.60. The van der Waals surface area contributed by atoms with Crippen molar-refractivity contribution >= 4 is 21.6 Å². The summed E-state index contributed by atoms with van der Waals surface area (Å²) in [5, 5.41) is 0.570. The third-order valence-corrected chi connectivity index (χ3v) is 6.60. The van der Waals surface area contributed by atoms with Crippen LogP contribution in [0.3, 0.4) is 0 Å². The first-order valence-electron chi connectivity index (χ1n) is 8.04. The van der Waals surface area contributed by atoms with Crippen molar-refractivity contribution in [3.05, 3.63) is 70.5 Å². The van der Waals surface area contributed by atoms with Crippen molar-refractivity contribution in [2.75, 3.05) is 26.7 Å². The largest absolute Gasteiger partial charge is 0.297 e. The van der Waals surface area contributed by atoms with Gasteiger partial charge in [0.25, 0.3) is 0 Å². The first-order valence-corrected chi connectivity index (χ1v) is 10.0. The van der Waals surface area contributed by atoms with Gasteiger partial charge in [-0.1, -0.05) is 41.9 Å². The van der Waals surface area contributed by atoms with E-state index in [2.05, 4.69) is 0 Å². The molecule has 0 N–H and O–H groups in total. The third kappa shape index (κ3) is 4.20. The summed E-state index contributed by atoms with van der Waals surface area (Å²) in [5.41, 5.74) is 1.21. The molecular formula is C18H20ClFN2O2S. The lowest BCUT2D eigenvalue weighted by Gasteiger charge is -2.39. The first-order chi connectivity index (χ1) is 11.9. The Morgan fingerprint density at radius 3 is 2.48 bits per heavy atom. The molecule has 1 fully saturated rings. The molecule has 0 spiro atoms. The molecular weight excluding hydrogens is 363 g/mol. The Kier molecular flexibility index (Phi) is 5.43. The smallest absolute Gasteiger partial charge is 0.218 e. The van der Waals surface area contributed by atoms with Gasteiger partial charge >= 0.3 is 0 Å². The van der Waals surface area contributed by atoms with E-state index in [0.717, 1.165) is 0 Å². The summed E-state index contributed by atoms with van der Waals surface area (Å²) in [5.74, 6) is -0.394. The number of nitrogens with zero attached hydrogens (tertiary/aromatic N) is 2. The zero-order valence-corrected chi connectivity index (χ0v) is 15.5. The highest BCUT2D eigenvalue weighted by Crippen LogP contribution is 2.28. The fraction of sp³-hybridized carbons (Fsp3) is 0.333. The molecule has 0 bridgehead atoms. The van der Waals surface area contributed by atoms with Crippen LogP contribution in [0.5, 0.6) is 0 Å². The van der Waals surface area contributed by atoms with Crippen molar-refractivity contribution in [2.45, 2.75) is 11.8 Å². The molecule has 2 aromatic carbocycles. The van der Waals surface area contributed by atoms with E-state index in [0.29, 0.717) is 29.2 Å². The van der Waals surface area contributed by atoms with Gasteiger partial charge in [0.05, 0.1) is 11.8 Å². The first kappa shape index (κ1) is 18.3. The Morgan fingerprint density at radius 2 is 1.80 bits per heavy atom. The summed E-state index contributed by atoms with van der Waals surface area (Å²) in [6.07, 6.45) is 0. The van der Waals surface area contributed by atoms with Gasteiger partial charge in [-0.05, 0) is 30.8 Å². The summed E-state index contributed by atoms with van der Waals surface area (Å²) >= 11 is 5.85. The van der Waals surface area contributed by atoms with Crippen LogP contribution in [0.1, 0.15) is 17.2 Å². The second-order valence-electron chi connectivity index (χ2n) is 6.26. The molecule has 0 radical (unpaired) electrons. The van der Waals surface area contributed by atoms with Crippen LogP contribution in [0.25, 0.3) is 0 Å². The minimum atomic E-state index is -3.49. The Bertz CT molecular complexity index is 842. The zero-order chi connectivity index (χ0) is 18.0. The number of sulfonamides is 1. The summed E-state index contributed by atoms with van der Waals surface area (Å²) in [6, 6.07) is 13.0. The third-order valence-electron chi connectivity index (χ3n) is 4.53. The highest BCUT2D eigenvalue weighted by atomic mass is 35.5. The van der Waals surface area contributed by atoms with Gasteiger partial charge in [-0.3, -0.25) is 4.90 Å². The molecule has 1 aliphatic rings. The van der Waals surface area contributed by atoms with Gasteiger partial charge in [0.1, 0.15) is 5.82 Å². The zero-order valence-electron chi connectivity index (χ0n) is 13.9. The second-order valence-corrected chi connectivity index (χ2v) is 8.66. The quantitative estimate of drug-likeness (QED) is 0.814. The van der Waals surface area contributed by atoms with E-state index in [1.165, 1.54) is 10.4 Å². The van der Waals surface area contributed by atoms with Crippen LogP contribution in [-0.2, 0) is 15.8 Å². The van der Waals surface area contributed by atoms with Crippen molar-refractivity contribution in [1.29, 1.82) is 0 Å². The fourth-order valence-electron chi connectivity index (χ4n) is 3.06. The van der Waals surface area contributed by atoms with Crippen LogP contribution >= 0.6 is 11.6 Å². The van der Waals surface area contributed by atoms with Crippen LogP contribution < -0.4 is 0 Å². The van der Waals surface area contributed by atoms with E-state index < -0.39 is 10.0 Å². The molecule has 1 unspecified atom stereocenters. The van der Waals surface area contributed by atoms with E-state index in [9.17, 15) is 12.8 Å². The summed E-state index contributed by atoms with van der Waals surface area (Å²) in [6.45, 7) is 1.20. The Morgan fingerprint density at radius 1 is 1.12 bits per heavy atom. The van der Waals surface area contributed by atoms with Gasteiger partial charge in [-0.15, -0.1) is 0 Å². The van der Waals surface area contributed by atoms with E-state index >= 15 is 0 Å². The molecule has 3 rings (SSSR count). The van der Waals surface area contributed by atoms with Crippen LogP contribution in [0.4, 0.5) is 4.39 Å². The number of likely N-dealkylation sites (N-methyl/N-ethyl adjacent to an activating group) is 1. The topological polar surface area (TPSA) is 40.6 Å². The molecule has 7 heteroatoms. The van der Waals surface area contributed by atoms with E-state index in [1.54, 1.807) is 42.5 Å². The van der Waals surface area contributed by atoms with Crippen molar-refractivity contribution < 1.29 is 12.8 Å². The number of piperazine rings is 1. The molecule has 25 heavy (non-hydrogen) atoms. The van der Waals surface area contributed by atoms with E-state index in [1.807, 2.05) is 11.9 Å². The molecule has 1 heterocycles. The number of benzene rings is 2. The fourth-order valence-corrected chi connectivity index (χ4v) is 4.72. The lowest BCUT2D eigenvalue weighted by atomic mass is 10.0. The SMILES string of the molecule is CN1CCN(S(=O)(=O)Cc2ccc(Cl)cc2)CC1c1ccccc1F. The molecule has 1 saturated heterocycles. The average molecular weight is 383 g/mol. The predicted octanol–water partition coefficient (Wildman–Crippen LogP) is 3.30. The molecule has 134 valence electrons. The maximum absolute atomic E-state index is 14.1. The number of halogens is 2. The minimum absolute atomic E-state index is 0.0854. The maximum atomic E-state index is 14.1. The Hall–Kier alpha value is -1.47. The molecule has 0 saturated carbocycles. The maximum Gasteiger partial charge on any atom is 0.218 e. The molecule has 0 aliphatic carbocycles. The van der Waals surface area contributed by atoms with Crippen LogP contribution in [-0.4, -0.2) is 44.3 Å². The van der Waals surface area contributed by atoms with E-state index in [4.69, 9.17) is 11.6 Å². The van der Waals surface area contributed by atoms with Crippen LogP contribution in [0.15, 0.2) is 48.5 Å². The number of hydrogen-bond donors (Lipinski definition) is 0. The van der Waals surface area contributed by atoms with Crippen molar-refractivity contribution in [3.8, 4) is 0 Å². The predicted molar refractivity (Wildman–Crippen MR) is 97.4 cm³/mol. The van der Waals surface area contributed by atoms with Crippen molar-refractivity contribution in [1.82, 2.24) is 9.21 Å². The Balaban J connectivity index is 1.80. The van der Waals surface area contributed by atoms with Gasteiger partial charge in [-0.2, -0.15) is 4.31 Å². The van der Waals surface area contributed by atoms with Crippen LogP contribution in [0.2, 0.25) is 5.02 Å². The van der Waals surface area contributed by atoms with Gasteiger partial charge in [0, 0.05) is 30.2 Å². The molecule has 1 atom stereocenters. The standard InChI is InChI=1S/C18H20ClFN2O2S/c1-21-10-11-22(12-18(21)16-4-2-3-5-17(16)20)25(23,24)13-14-6-8-15(19)9-7-14/h2-9,18H,10-13H2,1H3. The molecule has 0 amide bonds. The Labute approximate surface area is 152 Å². The van der Waals surface area contributed by atoms with Gasteiger partial charge in [0.2, 0.25) is 10.0 Å². The van der Waals surface area contributed by atoms with Crippen molar-refractivity contribution in [3.63, 3.8) is 0 Å². The number of hydrogen-bond acceptors (Lipinski definition) is 3. The highest BCUT2D eigenvalue weighted by Gasteiger charge is 2.33. The normalized spacial score (nSPS) is 19.9. The lowest BCUT2D eigenvalue weighted by Crippen LogP contribution is -2.49. The molecule has 2 aromatic rings. The monoisotopic (exact) mass is 382 g/mol. The minimum Gasteiger partial charge on any atom is -0.297 e. The second kappa shape index (κ2) is 7.41. The highest BCUT2D eigenvalue weighted by molar-refractivity contribution is 7.88.